The normalized spacial score (nSPS) is 15.1. The van der Waals surface area contributed by atoms with E-state index in [-0.39, 0.29) is 41.6 Å². The molecule has 3 N–H and O–H groups in total. The molecule has 0 spiro atoms. The summed E-state index contributed by atoms with van der Waals surface area (Å²) in [6.07, 6.45) is 4.70. The van der Waals surface area contributed by atoms with Crippen LogP contribution in [0.5, 0.6) is 0 Å². The quantitative estimate of drug-likeness (QED) is 0.663. The Morgan fingerprint density at radius 2 is 1.59 bits per heavy atom. The number of piperidine rings is 1. The highest BCUT2D eigenvalue weighted by Gasteiger charge is 2.28. The number of hydrogen-bond donors (Lipinski definition) is 3. The third-order valence-corrected chi connectivity index (χ3v) is 4.98. The molecule has 1 saturated heterocycles. The van der Waals surface area contributed by atoms with Crippen LogP contribution in [0.3, 0.4) is 0 Å². The predicted molar refractivity (Wildman–Crippen MR) is 109 cm³/mol. The van der Waals surface area contributed by atoms with Gasteiger partial charge in [0.05, 0.1) is 0 Å². The maximum absolute atomic E-state index is 13.0. The Morgan fingerprint density at radius 3 is 2.17 bits per heavy atom. The third kappa shape index (κ3) is 6.20. The molecule has 1 aromatic carbocycles. The Bertz CT molecular complexity index is 841. The minimum Gasteiger partial charge on any atom is -0.350 e. The minimum absolute atomic E-state index is 0. The van der Waals surface area contributed by atoms with Gasteiger partial charge in [-0.15, -0.1) is 12.4 Å². The second-order valence-electron chi connectivity index (χ2n) is 7.31. The van der Waals surface area contributed by atoms with E-state index in [1.807, 2.05) is 0 Å². The van der Waals surface area contributed by atoms with E-state index in [0.29, 0.717) is 6.54 Å². The molecule has 29 heavy (non-hydrogen) atoms. The molecule has 156 valence electrons. The van der Waals surface area contributed by atoms with Crippen molar-refractivity contribution in [3.05, 3.63) is 59.4 Å². The third-order valence-electron chi connectivity index (χ3n) is 4.98. The molecule has 7 nitrogen and oxygen atoms in total. The topological polar surface area (TPSA) is 96.0 Å². The number of halogens is 2. The van der Waals surface area contributed by atoms with Gasteiger partial charge in [-0.1, -0.05) is 19.1 Å². The average molecular weight is 422 g/mol. The summed E-state index contributed by atoms with van der Waals surface area (Å²) in [5.41, 5.74) is 0.728. The molecule has 1 aromatic heterocycles. The van der Waals surface area contributed by atoms with E-state index >= 15 is 0 Å². The molecule has 0 bridgehead atoms. The van der Waals surface area contributed by atoms with Crippen molar-refractivity contribution in [2.45, 2.75) is 26.3 Å². The van der Waals surface area contributed by atoms with Crippen LogP contribution in [0.15, 0.2) is 36.7 Å². The number of nitrogens with zero attached hydrogens (tertiary/aromatic N) is 2. The number of hydrogen-bond acceptors (Lipinski definition) is 5. The number of aromatic nitrogens is 2. The SMILES string of the molecule is CC1(CNC(=O)c2nccnc2C(=O)NCc2ccc(F)cc2)CCNCC1.Cl. The summed E-state index contributed by atoms with van der Waals surface area (Å²) in [6.45, 7) is 4.70. The lowest BCUT2D eigenvalue weighted by atomic mass is 9.81. The minimum atomic E-state index is -0.504. The zero-order valence-electron chi connectivity index (χ0n) is 16.2. The Balaban J connectivity index is 0.00000300. The first-order valence-electron chi connectivity index (χ1n) is 9.29. The van der Waals surface area contributed by atoms with Crippen LogP contribution in [0.2, 0.25) is 0 Å². The van der Waals surface area contributed by atoms with Gasteiger partial charge >= 0.3 is 0 Å². The molecule has 2 heterocycles. The molecule has 3 rings (SSSR count). The number of carbonyl (C=O) groups is 2. The lowest BCUT2D eigenvalue weighted by molar-refractivity contribution is 0.0892. The van der Waals surface area contributed by atoms with E-state index in [4.69, 9.17) is 0 Å². The number of rotatable bonds is 6. The summed E-state index contributed by atoms with van der Waals surface area (Å²) in [5, 5.41) is 8.89. The van der Waals surface area contributed by atoms with Crippen LogP contribution in [-0.4, -0.2) is 41.4 Å². The largest absolute Gasteiger partial charge is 0.350 e. The van der Waals surface area contributed by atoms with Crippen molar-refractivity contribution in [1.29, 1.82) is 0 Å². The highest BCUT2D eigenvalue weighted by molar-refractivity contribution is 6.04. The summed E-state index contributed by atoms with van der Waals surface area (Å²) in [6, 6.07) is 5.81. The molecule has 0 atom stereocenters. The van der Waals surface area contributed by atoms with Gasteiger partial charge in [-0.05, 0) is 49.0 Å². The number of amides is 2. The van der Waals surface area contributed by atoms with Crippen molar-refractivity contribution in [2.75, 3.05) is 19.6 Å². The molecule has 0 aliphatic carbocycles. The van der Waals surface area contributed by atoms with Crippen LogP contribution in [0.4, 0.5) is 4.39 Å². The van der Waals surface area contributed by atoms with Crippen molar-refractivity contribution in [2.24, 2.45) is 5.41 Å². The van der Waals surface area contributed by atoms with Gasteiger partial charge in [0.1, 0.15) is 5.82 Å². The van der Waals surface area contributed by atoms with Gasteiger partial charge in [0.2, 0.25) is 0 Å². The lowest BCUT2D eigenvalue weighted by Gasteiger charge is -2.34. The highest BCUT2D eigenvalue weighted by atomic mass is 35.5. The van der Waals surface area contributed by atoms with E-state index in [2.05, 4.69) is 32.8 Å². The molecule has 1 fully saturated rings. The first kappa shape index (κ1) is 22.7. The number of carbonyl (C=O) groups excluding carboxylic acids is 2. The van der Waals surface area contributed by atoms with Gasteiger partial charge < -0.3 is 16.0 Å². The van der Waals surface area contributed by atoms with Crippen LogP contribution in [0.1, 0.15) is 46.3 Å². The molecule has 0 unspecified atom stereocenters. The molecule has 0 radical (unpaired) electrons. The molecule has 1 aliphatic rings. The van der Waals surface area contributed by atoms with Gasteiger partial charge in [-0.3, -0.25) is 9.59 Å². The zero-order valence-corrected chi connectivity index (χ0v) is 17.0. The van der Waals surface area contributed by atoms with Crippen LogP contribution >= 0.6 is 12.4 Å². The van der Waals surface area contributed by atoms with Crippen LogP contribution in [-0.2, 0) is 6.54 Å². The van der Waals surface area contributed by atoms with Crippen molar-refractivity contribution < 1.29 is 14.0 Å². The predicted octanol–water partition coefficient (Wildman–Crippen LogP) is 2.09. The summed E-state index contributed by atoms with van der Waals surface area (Å²) in [7, 11) is 0. The van der Waals surface area contributed by atoms with Gasteiger partial charge in [0, 0.05) is 25.5 Å². The van der Waals surface area contributed by atoms with E-state index < -0.39 is 11.8 Å². The second kappa shape index (κ2) is 10.3. The Hall–Kier alpha value is -2.58. The fourth-order valence-electron chi connectivity index (χ4n) is 3.12. The molecular formula is C20H25ClFN5O2. The van der Waals surface area contributed by atoms with Crippen LogP contribution < -0.4 is 16.0 Å². The fraction of sp³-hybridized carbons (Fsp3) is 0.400. The molecule has 9 heteroatoms. The zero-order chi connectivity index (χ0) is 20.0. The van der Waals surface area contributed by atoms with E-state index in [0.717, 1.165) is 31.5 Å². The molecular weight excluding hydrogens is 397 g/mol. The second-order valence-corrected chi connectivity index (χ2v) is 7.31. The molecule has 1 aliphatic heterocycles. The summed E-state index contributed by atoms with van der Waals surface area (Å²) >= 11 is 0. The van der Waals surface area contributed by atoms with Crippen molar-refractivity contribution in [3.63, 3.8) is 0 Å². The van der Waals surface area contributed by atoms with E-state index in [9.17, 15) is 14.0 Å². The van der Waals surface area contributed by atoms with Crippen LogP contribution in [0.25, 0.3) is 0 Å². The number of benzene rings is 1. The first-order valence-corrected chi connectivity index (χ1v) is 9.29. The van der Waals surface area contributed by atoms with Crippen molar-refractivity contribution in [1.82, 2.24) is 25.9 Å². The van der Waals surface area contributed by atoms with Crippen molar-refractivity contribution in [3.8, 4) is 0 Å². The van der Waals surface area contributed by atoms with Gasteiger partial charge in [-0.2, -0.15) is 0 Å². The molecule has 2 aromatic rings. The fourth-order valence-corrected chi connectivity index (χ4v) is 3.12. The average Bonchev–Trinajstić information content (AvgIpc) is 2.72. The summed E-state index contributed by atoms with van der Waals surface area (Å²) in [4.78, 5) is 33.2. The van der Waals surface area contributed by atoms with Crippen molar-refractivity contribution >= 4 is 24.2 Å². The summed E-state index contributed by atoms with van der Waals surface area (Å²) in [5.74, 6) is -1.26. The van der Waals surface area contributed by atoms with Gasteiger partial charge in [0.15, 0.2) is 11.4 Å². The monoisotopic (exact) mass is 421 g/mol. The van der Waals surface area contributed by atoms with Crippen LogP contribution in [0, 0.1) is 11.2 Å². The number of nitrogens with one attached hydrogen (secondary N) is 3. The van der Waals surface area contributed by atoms with E-state index in [1.54, 1.807) is 12.1 Å². The Labute approximate surface area is 175 Å². The first-order chi connectivity index (χ1) is 13.5. The maximum Gasteiger partial charge on any atom is 0.272 e. The molecule has 0 saturated carbocycles. The Kier molecular flexibility index (Phi) is 8.04. The highest BCUT2D eigenvalue weighted by Crippen LogP contribution is 2.26. The van der Waals surface area contributed by atoms with E-state index in [1.165, 1.54) is 24.5 Å². The molecule has 2 amide bonds. The van der Waals surface area contributed by atoms with Gasteiger partial charge in [0.25, 0.3) is 11.8 Å². The van der Waals surface area contributed by atoms with Gasteiger partial charge in [-0.25, -0.2) is 14.4 Å². The Morgan fingerprint density at radius 1 is 1.03 bits per heavy atom. The maximum atomic E-state index is 13.0. The standard InChI is InChI=1S/C20H24FN5O2.ClH/c1-20(6-8-22-9-7-20)13-26-19(28)17-16(23-10-11-24-17)18(27)25-12-14-2-4-15(21)5-3-14;/h2-5,10-11,22H,6-9,12-13H2,1H3,(H,25,27)(H,26,28);1H. The lowest BCUT2D eigenvalue weighted by Crippen LogP contribution is -2.43. The smallest absolute Gasteiger partial charge is 0.272 e. The summed E-state index contributed by atoms with van der Waals surface area (Å²) < 4.78 is 13.0.